The molecule has 1 nitrogen and oxygen atoms in total. The molecule has 0 aromatic rings. The molecule has 0 unspecified atom stereocenters. The Hall–Kier alpha value is 0.140. The molecular weight excluding hydrogens is 227 g/mol. The molecule has 0 fully saturated rings. The quantitative estimate of drug-likeness (QED) is 0.503. The van der Waals surface area contributed by atoms with E-state index in [4.69, 9.17) is 0 Å². The van der Waals surface area contributed by atoms with Gasteiger partial charge in [-0.1, -0.05) is 28.7 Å². The number of halogens is 1. The van der Waals surface area contributed by atoms with Crippen LogP contribution in [0.15, 0.2) is 11.6 Å². The van der Waals surface area contributed by atoms with Gasteiger partial charge >= 0.3 is 0 Å². The molecule has 0 radical (unpaired) electrons. The SMILES string of the molecule is O=C1CCCC=C1CI. The van der Waals surface area contributed by atoms with Crippen molar-refractivity contribution in [1.29, 1.82) is 0 Å². The molecule has 0 spiro atoms. The summed E-state index contributed by atoms with van der Waals surface area (Å²) in [4.78, 5) is 11.0. The van der Waals surface area contributed by atoms with Gasteiger partial charge in [0.05, 0.1) is 0 Å². The lowest BCUT2D eigenvalue weighted by Gasteiger charge is -2.07. The van der Waals surface area contributed by atoms with Gasteiger partial charge in [0.15, 0.2) is 5.78 Å². The molecule has 2 heteroatoms. The highest BCUT2D eigenvalue weighted by Crippen LogP contribution is 2.15. The lowest BCUT2D eigenvalue weighted by molar-refractivity contribution is -0.115. The van der Waals surface area contributed by atoms with E-state index >= 15 is 0 Å². The molecule has 0 atom stereocenters. The van der Waals surface area contributed by atoms with Gasteiger partial charge in [0, 0.05) is 16.4 Å². The van der Waals surface area contributed by atoms with Crippen molar-refractivity contribution in [1.82, 2.24) is 0 Å². The molecule has 0 amide bonds. The standard InChI is InChI=1S/C7H9IO/c8-5-6-3-1-2-4-7(6)9/h3H,1-2,4-5H2. The third kappa shape index (κ3) is 1.78. The van der Waals surface area contributed by atoms with Crippen LogP contribution in [0.5, 0.6) is 0 Å². The molecule has 1 rings (SSSR count). The maximum absolute atomic E-state index is 11.0. The highest BCUT2D eigenvalue weighted by molar-refractivity contribution is 14.1. The highest BCUT2D eigenvalue weighted by Gasteiger charge is 2.10. The summed E-state index contributed by atoms with van der Waals surface area (Å²) in [5.74, 6) is 0.357. The summed E-state index contributed by atoms with van der Waals surface area (Å²) in [6.07, 6.45) is 5.00. The minimum Gasteiger partial charge on any atom is -0.295 e. The molecule has 0 saturated heterocycles. The van der Waals surface area contributed by atoms with Crippen molar-refractivity contribution in [3.8, 4) is 0 Å². The smallest absolute Gasteiger partial charge is 0.159 e. The van der Waals surface area contributed by atoms with E-state index in [0.29, 0.717) is 5.78 Å². The Bertz CT molecular complexity index is 149. The number of Topliss-reactive ketones (excluding diaryl/α,β-unsaturated/α-hetero) is 1. The van der Waals surface area contributed by atoms with Crippen LogP contribution in [0.3, 0.4) is 0 Å². The Morgan fingerprint density at radius 3 is 2.89 bits per heavy atom. The van der Waals surface area contributed by atoms with E-state index in [9.17, 15) is 4.79 Å². The summed E-state index contributed by atoms with van der Waals surface area (Å²) < 4.78 is 0.886. The first-order chi connectivity index (χ1) is 4.34. The second kappa shape index (κ2) is 3.34. The van der Waals surface area contributed by atoms with Crippen molar-refractivity contribution in [2.45, 2.75) is 19.3 Å². The topological polar surface area (TPSA) is 17.1 Å². The molecule has 9 heavy (non-hydrogen) atoms. The summed E-state index contributed by atoms with van der Waals surface area (Å²) in [5, 5.41) is 0. The molecule has 0 heterocycles. The lowest BCUT2D eigenvalue weighted by atomic mass is 10.00. The van der Waals surface area contributed by atoms with Crippen molar-refractivity contribution in [3.63, 3.8) is 0 Å². The predicted molar refractivity (Wildman–Crippen MR) is 45.8 cm³/mol. The van der Waals surface area contributed by atoms with E-state index in [1.165, 1.54) is 0 Å². The molecular formula is C7H9IO. The fourth-order valence-electron chi connectivity index (χ4n) is 0.942. The summed E-state index contributed by atoms with van der Waals surface area (Å²) in [7, 11) is 0. The Kier molecular flexibility index (Phi) is 2.69. The maximum atomic E-state index is 11.0. The molecule has 0 aromatic carbocycles. The van der Waals surface area contributed by atoms with Gasteiger partial charge in [0.25, 0.3) is 0 Å². The van der Waals surface area contributed by atoms with Gasteiger partial charge in [-0.15, -0.1) is 0 Å². The summed E-state index contributed by atoms with van der Waals surface area (Å²) in [6, 6.07) is 0. The van der Waals surface area contributed by atoms with E-state index in [2.05, 4.69) is 28.7 Å². The number of ketones is 1. The maximum Gasteiger partial charge on any atom is 0.159 e. The average molecular weight is 236 g/mol. The third-order valence-electron chi connectivity index (χ3n) is 1.50. The zero-order chi connectivity index (χ0) is 6.69. The van der Waals surface area contributed by atoms with E-state index in [1.807, 2.05) is 0 Å². The Labute approximate surface area is 68.7 Å². The average Bonchev–Trinajstić information content (AvgIpc) is 1.89. The number of allylic oxidation sites excluding steroid dienone is 2. The summed E-state index contributed by atoms with van der Waals surface area (Å²) >= 11 is 2.23. The number of alkyl halides is 1. The second-order valence-corrected chi connectivity index (χ2v) is 2.94. The zero-order valence-corrected chi connectivity index (χ0v) is 7.35. The van der Waals surface area contributed by atoms with Crippen molar-refractivity contribution in [2.24, 2.45) is 0 Å². The van der Waals surface area contributed by atoms with Gasteiger partial charge in [-0.25, -0.2) is 0 Å². The lowest BCUT2D eigenvalue weighted by Crippen LogP contribution is -2.07. The molecule has 1 aliphatic rings. The van der Waals surface area contributed by atoms with E-state index in [-0.39, 0.29) is 0 Å². The van der Waals surface area contributed by atoms with Crippen LogP contribution < -0.4 is 0 Å². The number of hydrogen-bond donors (Lipinski definition) is 0. The Morgan fingerprint density at radius 2 is 2.44 bits per heavy atom. The van der Waals surface area contributed by atoms with E-state index in [0.717, 1.165) is 29.3 Å². The van der Waals surface area contributed by atoms with Crippen LogP contribution in [0.1, 0.15) is 19.3 Å². The predicted octanol–water partition coefficient (Wildman–Crippen LogP) is 2.10. The molecule has 0 aromatic heterocycles. The monoisotopic (exact) mass is 236 g/mol. The molecule has 0 N–H and O–H groups in total. The van der Waals surface area contributed by atoms with E-state index in [1.54, 1.807) is 0 Å². The van der Waals surface area contributed by atoms with Crippen LogP contribution in [0.25, 0.3) is 0 Å². The highest BCUT2D eigenvalue weighted by atomic mass is 127. The molecule has 1 aliphatic carbocycles. The largest absolute Gasteiger partial charge is 0.295 e. The fourth-order valence-corrected chi connectivity index (χ4v) is 1.68. The van der Waals surface area contributed by atoms with E-state index < -0.39 is 0 Å². The first kappa shape index (κ1) is 7.25. The zero-order valence-electron chi connectivity index (χ0n) is 5.19. The molecule has 50 valence electrons. The molecule has 0 bridgehead atoms. The first-order valence-electron chi connectivity index (χ1n) is 3.13. The van der Waals surface area contributed by atoms with Crippen molar-refractivity contribution in [2.75, 3.05) is 4.43 Å². The minimum atomic E-state index is 0.357. The van der Waals surface area contributed by atoms with Crippen molar-refractivity contribution >= 4 is 28.4 Å². The normalized spacial score (nSPS) is 19.7. The Morgan fingerprint density at radius 1 is 1.67 bits per heavy atom. The van der Waals surface area contributed by atoms with Gasteiger partial charge in [0.2, 0.25) is 0 Å². The molecule has 0 saturated carbocycles. The van der Waals surface area contributed by atoms with Gasteiger partial charge < -0.3 is 0 Å². The van der Waals surface area contributed by atoms with Crippen LogP contribution in [0.4, 0.5) is 0 Å². The second-order valence-electron chi connectivity index (χ2n) is 2.18. The van der Waals surface area contributed by atoms with Gasteiger partial charge in [0.1, 0.15) is 0 Å². The van der Waals surface area contributed by atoms with Crippen LogP contribution >= 0.6 is 22.6 Å². The first-order valence-corrected chi connectivity index (χ1v) is 4.65. The molecule has 0 aliphatic heterocycles. The van der Waals surface area contributed by atoms with Crippen molar-refractivity contribution in [3.05, 3.63) is 11.6 Å². The van der Waals surface area contributed by atoms with Gasteiger partial charge in [-0.05, 0) is 12.8 Å². The number of hydrogen-bond acceptors (Lipinski definition) is 1. The number of carbonyl (C=O) groups is 1. The number of carbonyl (C=O) groups excluding carboxylic acids is 1. The Balaban J connectivity index is 2.64. The fraction of sp³-hybridized carbons (Fsp3) is 0.571. The summed E-state index contributed by atoms with van der Waals surface area (Å²) in [5.41, 5.74) is 1.03. The van der Waals surface area contributed by atoms with Gasteiger partial charge in [-0.3, -0.25) is 4.79 Å². The van der Waals surface area contributed by atoms with Crippen LogP contribution in [-0.4, -0.2) is 10.2 Å². The van der Waals surface area contributed by atoms with Crippen LogP contribution in [-0.2, 0) is 4.79 Å². The van der Waals surface area contributed by atoms with Crippen LogP contribution in [0.2, 0.25) is 0 Å². The van der Waals surface area contributed by atoms with Crippen LogP contribution in [0, 0.1) is 0 Å². The summed E-state index contributed by atoms with van der Waals surface area (Å²) in [6.45, 7) is 0. The van der Waals surface area contributed by atoms with Crippen molar-refractivity contribution < 1.29 is 4.79 Å². The minimum absolute atomic E-state index is 0.357. The third-order valence-corrected chi connectivity index (χ3v) is 2.32. The number of rotatable bonds is 1. The van der Waals surface area contributed by atoms with Gasteiger partial charge in [-0.2, -0.15) is 0 Å².